The minimum absolute atomic E-state index is 0.0512. The first-order valence-corrected chi connectivity index (χ1v) is 9.95. The number of carbonyl (C=O) groups excluding carboxylic acids is 1. The van der Waals surface area contributed by atoms with E-state index in [9.17, 15) is 18.0 Å². The maximum atomic E-state index is 12.4. The Kier molecular flexibility index (Phi) is 5.16. The number of benzene rings is 1. The van der Waals surface area contributed by atoms with E-state index in [0.717, 1.165) is 38.0 Å². The van der Waals surface area contributed by atoms with Crippen LogP contribution in [0.5, 0.6) is 5.75 Å². The van der Waals surface area contributed by atoms with E-state index in [1.54, 1.807) is 12.1 Å². The molecule has 0 spiro atoms. The molecule has 28 heavy (non-hydrogen) atoms. The lowest BCUT2D eigenvalue weighted by Crippen LogP contribution is -2.47. The van der Waals surface area contributed by atoms with Crippen LogP contribution < -0.4 is 20.7 Å². The van der Waals surface area contributed by atoms with Crippen LogP contribution in [0.3, 0.4) is 0 Å². The second kappa shape index (κ2) is 7.46. The van der Waals surface area contributed by atoms with Crippen LogP contribution in [-0.2, 0) is 4.79 Å². The number of hydrogen-bond acceptors (Lipinski definition) is 4. The molecular weight excluding hydrogens is 371 g/mol. The third-order valence-corrected chi connectivity index (χ3v) is 6.24. The van der Waals surface area contributed by atoms with Crippen LogP contribution in [-0.4, -0.2) is 37.4 Å². The van der Waals surface area contributed by atoms with Gasteiger partial charge in [0, 0.05) is 30.7 Å². The zero-order valence-electron chi connectivity index (χ0n) is 15.6. The molecule has 2 aliphatic carbocycles. The number of fused-ring (bicyclic) bond motifs is 1. The molecule has 0 unspecified atom stereocenters. The molecule has 0 aromatic heterocycles. The summed E-state index contributed by atoms with van der Waals surface area (Å²) >= 11 is 0. The van der Waals surface area contributed by atoms with E-state index in [1.807, 2.05) is 0 Å². The van der Waals surface area contributed by atoms with E-state index in [0.29, 0.717) is 17.8 Å². The highest BCUT2D eigenvalue weighted by Gasteiger charge is 2.43. The molecular formula is C20H26F3N3O2. The zero-order valence-corrected chi connectivity index (χ0v) is 15.6. The number of nitrogens with one attached hydrogen (secondary N) is 1. The predicted molar refractivity (Wildman–Crippen MR) is 98.8 cm³/mol. The van der Waals surface area contributed by atoms with Gasteiger partial charge in [0.1, 0.15) is 5.75 Å². The predicted octanol–water partition coefficient (Wildman–Crippen LogP) is 3.04. The minimum Gasteiger partial charge on any atom is -0.406 e. The maximum absolute atomic E-state index is 12.4. The van der Waals surface area contributed by atoms with Gasteiger partial charge in [0.2, 0.25) is 5.91 Å². The lowest BCUT2D eigenvalue weighted by atomic mass is 9.97. The first kappa shape index (κ1) is 19.4. The van der Waals surface area contributed by atoms with Crippen LogP contribution in [0.4, 0.5) is 18.9 Å². The van der Waals surface area contributed by atoms with E-state index in [1.165, 1.54) is 25.0 Å². The van der Waals surface area contributed by atoms with Gasteiger partial charge in [-0.05, 0) is 55.4 Å². The number of carbonyl (C=O) groups is 1. The number of halogens is 3. The summed E-state index contributed by atoms with van der Waals surface area (Å²) in [4.78, 5) is 14.6. The van der Waals surface area contributed by atoms with Crippen molar-refractivity contribution < 1.29 is 22.7 Å². The van der Waals surface area contributed by atoms with Crippen molar-refractivity contribution in [3.63, 3.8) is 0 Å². The molecule has 3 aliphatic rings. The molecule has 1 amide bonds. The smallest absolute Gasteiger partial charge is 0.406 e. The Morgan fingerprint density at radius 1 is 1.18 bits per heavy atom. The first-order chi connectivity index (χ1) is 13.3. The van der Waals surface area contributed by atoms with Crippen LogP contribution in [0.25, 0.3) is 0 Å². The Labute approximate surface area is 162 Å². The maximum Gasteiger partial charge on any atom is 0.573 e. The third-order valence-electron chi connectivity index (χ3n) is 6.24. The zero-order chi connectivity index (χ0) is 19.9. The second-order valence-corrected chi connectivity index (χ2v) is 8.35. The lowest BCUT2D eigenvalue weighted by Gasteiger charge is -2.24. The van der Waals surface area contributed by atoms with Crippen molar-refractivity contribution in [3.05, 3.63) is 24.3 Å². The van der Waals surface area contributed by atoms with E-state index in [4.69, 9.17) is 5.73 Å². The topological polar surface area (TPSA) is 67.6 Å². The van der Waals surface area contributed by atoms with Crippen LogP contribution in [0, 0.1) is 17.8 Å². The van der Waals surface area contributed by atoms with Crippen LogP contribution in [0.1, 0.15) is 32.1 Å². The van der Waals surface area contributed by atoms with Gasteiger partial charge in [-0.25, -0.2) is 0 Å². The summed E-state index contributed by atoms with van der Waals surface area (Å²) in [7, 11) is 0. The summed E-state index contributed by atoms with van der Waals surface area (Å²) in [5, 5.41) is 3.15. The van der Waals surface area contributed by atoms with E-state index < -0.39 is 12.4 Å². The summed E-state index contributed by atoms with van der Waals surface area (Å²) < 4.78 is 40.8. The third kappa shape index (κ3) is 4.54. The largest absolute Gasteiger partial charge is 0.573 e. The van der Waals surface area contributed by atoms with E-state index >= 15 is 0 Å². The van der Waals surface area contributed by atoms with Crippen LogP contribution in [0.2, 0.25) is 0 Å². The molecule has 4 atom stereocenters. The molecule has 1 aliphatic heterocycles. The summed E-state index contributed by atoms with van der Waals surface area (Å²) in [5.41, 5.74) is 6.91. The molecule has 1 heterocycles. The molecule has 1 saturated heterocycles. The molecule has 4 rings (SSSR count). The molecule has 5 nitrogen and oxygen atoms in total. The first-order valence-electron chi connectivity index (χ1n) is 9.95. The van der Waals surface area contributed by atoms with Crippen molar-refractivity contribution in [2.45, 2.75) is 50.6 Å². The van der Waals surface area contributed by atoms with Crippen molar-refractivity contribution in [2.24, 2.45) is 23.5 Å². The normalized spacial score (nSPS) is 28.1. The summed E-state index contributed by atoms with van der Waals surface area (Å²) in [6.07, 6.45) is 0.444. The number of amides is 1. The molecule has 2 saturated carbocycles. The van der Waals surface area contributed by atoms with Crippen molar-refractivity contribution in [3.8, 4) is 5.75 Å². The molecule has 3 N–H and O–H groups in total. The fourth-order valence-corrected chi connectivity index (χ4v) is 4.62. The Morgan fingerprint density at radius 3 is 2.54 bits per heavy atom. The Hall–Kier alpha value is -1.96. The number of rotatable bonds is 6. The summed E-state index contributed by atoms with van der Waals surface area (Å²) in [6, 6.07) is 5.69. The monoisotopic (exact) mass is 397 g/mol. The number of nitrogens with two attached hydrogens (primary N) is 1. The van der Waals surface area contributed by atoms with Gasteiger partial charge < -0.3 is 20.7 Å². The second-order valence-electron chi connectivity index (χ2n) is 8.35. The molecule has 8 heteroatoms. The van der Waals surface area contributed by atoms with Gasteiger partial charge in [-0.2, -0.15) is 0 Å². The van der Waals surface area contributed by atoms with Crippen LogP contribution in [0.15, 0.2) is 24.3 Å². The van der Waals surface area contributed by atoms with Gasteiger partial charge in [0.15, 0.2) is 0 Å². The fourth-order valence-electron chi connectivity index (χ4n) is 4.62. The minimum atomic E-state index is -4.68. The number of nitrogens with zero attached hydrogens (tertiary/aromatic N) is 1. The molecule has 1 aromatic carbocycles. The van der Waals surface area contributed by atoms with Crippen LogP contribution >= 0.6 is 0 Å². The van der Waals surface area contributed by atoms with E-state index in [-0.39, 0.29) is 17.7 Å². The lowest BCUT2D eigenvalue weighted by molar-refractivity contribution is -0.274. The number of alkyl halides is 3. The number of hydrogen-bond donors (Lipinski definition) is 2. The Balaban J connectivity index is 1.33. The fraction of sp³-hybridized carbons (Fsp3) is 0.650. The van der Waals surface area contributed by atoms with E-state index in [2.05, 4.69) is 15.0 Å². The molecule has 154 valence electrons. The summed E-state index contributed by atoms with van der Waals surface area (Å²) in [5.74, 6) is 1.18. The quantitative estimate of drug-likeness (QED) is 0.774. The van der Waals surface area contributed by atoms with Crippen molar-refractivity contribution >= 4 is 11.6 Å². The molecule has 3 fully saturated rings. The highest BCUT2D eigenvalue weighted by atomic mass is 19.4. The van der Waals surface area contributed by atoms with Gasteiger partial charge in [-0.1, -0.05) is 12.8 Å². The molecule has 0 radical (unpaired) electrons. The summed E-state index contributed by atoms with van der Waals surface area (Å²) in [6.45, 7) is 1.64. The van der Waals surface area contributed by atoms with Crippen molar-refractivity contribution in [1.29, 1.82) is 0 Å². The van der Waals surface area contributed by atoms with Crippen molar-refractivity contribution in [2.75, 3.05) is 18.0 Å². The highest BCUT2D eigenvalue weighted by Crippen LogP contribution is 2.40. The standard InChI is InChI=1S/C20H26F3N3O2/c21-20(22,23)28-15-6-4-14(5-7-15)26-10-13-3-8-18(16(13)11-26)25-19(27)17(24)9-12-1-2-12/h4-7,12-13,16-18H,1-3,8-11,24H2,(H,25,27)/t13-,16+,17+,18+/m1/s1. The van der Waals surface area contributed by atoms with Gasteiger partial charge in [-0.3, -0.25) is 4.79 Å². The van der Waals surface area contributed by atoms with Gasteiger partial charge in [0.05, 0.1) is 6.04 Å². The Morgan fingerprint density at radius 2 is 1.89 bits per heavy atom. The van der Waals surface area contributed by atoms with Gasteiger partial charge in [-0.15, -0.1) is 13.2 Å². The highest BCUT2D eigenvalue weighted by molar-refractivity contribution is 5.81. The number of anilines is 1. The SMILES string of the molecule is N[C@@H](CC1CC1)C(=O)N[C@H]1CC[C@@H]2CN(c3ccc(OC(F)(F)F)cc3)C[C@@H]21. The average molecular weight is 397 g/mol. The van der Waals surface area contributed by atoms with Gasteiger partial charge in [0.25, 0.3) is 0 Å². The van der Waals surface area contributed by atoms with Gasteiger partial charge >= 0.3 is 6.36 Å². The molecule has 1 aromatic rings. The molecule has 0 bridgehead atoms. The number of ether oxygens (including phenoxy) is 1. The Bertz CT molecular complexity index is 706. The average Bonchev–Trinajstić information content (AvgIpc) is 3.21. The van der Waals surface area contributed by atoms with Crippen molar-refractivity contribution in [1.82, 2.24) is 5.32 Å².